The summed E-state index contributed by atoms with van der Waals surface area (Å²) < 4.78 is 11.6. The Bertz CT molecular complexity index is 1110. The van der Waals surface area contributed by atoms with Crippen molar-refractivity contribution in [3.05, 3.63) is 24.4 Å². The van der Waals surface area contributed by atoms with E-state index in [-0.39, 0.29) is 24.1 Å². The van der Waals surface area contributed by atoms with E-state index in [2.05, 4.69) is 30.4 Å². The molecule has 0 radical (unpaired) electrons. The number of ether oxygens (including phenoxy) is 2. The van der Waals surface area contributed by atoms with Crippen LogP contribution in [0.4, 0.5) is 5.95 Å². The van der Waals surface area contributed by atoms with Gasteiger partial charge in [-0.25, -0.2) is 0 Å². The van der Waals surface area contributed by atoms with Gasteiger partial charge in [0.05, 0.1) is 31.0 Å². The predicted octanol–water partition coefficient (Wildman–Crippen LogP) is 0.449. The van der Waals surface area contributed by atoms with E-state index in [1.807, 2.05) is 18.2 Å². The van der Waals surface area contributed by atoms with E-state index in [0.717, 1.165) is 16.5 Å². The maximum absolute atomic E-state index is 12.3. The lowest BCUT2D eigenvalue weighted by Gasteiger charge is -2.27. The van der Waals surface area contributed by atoms with Gasteiger partial charge in [-0.3, -0.25) is 9.89 Å². The number of fused-ring (bicyclic) bond motifs is 1. The highest BCUT2D eigenvalue weighted by Gasteiger charge is 2.32. The third-order valence-corrected chi connectivity index (χ3v) is 5.72. The summed E-state index contributed by atoms with van der Waals surface area (Å²) in [6, 6.07) is 5.84. The number of aromatic amines is 1. The molecule has 2 aromatic heterocycles. The third-order valence-electron chi connectivity index (χ3n) is 5.72. The van der Waals surface area contributed by atoms with E-state index in [9.17, 15) is 4.79 Å². The van der Waals surface area contributed by atoms with E-state index >= 15 is 0 Å². The minimum atomic E-state index is -0.269. The maximum atomic E-state index is 12.3. The summed E-state index contributed by atoms with van der Waals surface area (Å²) in [5, 5.41) is 11.3. The molecule has 5 rings (SSSR count). The van der Waals surface area contributed by atoms with Gasteiger partial charge in [-0.1, -0.05) is 12.1 Å². The first-order chi connectivity index (χ1) is 15.6. The number of nitrogens with one attached hydrogen (secondary N) is 2. The van der Waals surface area contributed by atoms with E-state index in [4.69, 9.17) is 14.5 Å². The molecule has 0 spiro atoms. The molecular formula is C21H26N8O3. The molecule has 2 aliphatic rings. The molecule has 0 bridgehead atoms. The number of carbonyl (C=O) groups is 1. The van der Waals surface area contributed by atoms with Crippen LogP contribution < -0.4 is 15.0 Å². The number of carbonyl (C=O) groups excluding carboxylic acids is 1. The van der Waals surface area contributed by atoms with Gasteiger partial charge in [-0.2, -0.15) is 20.1 Å². The normalized spacial score (nSPS) is 21.1. The Morgan fingerprint density at radius 3 is 2.88 bits per heavy atom. The molecule has 3 aromatic rings. The number of rotatable bonds is 5. The van der Waals surface area contributed by atoms with Crippen molar-refractivity contribution in [1.29, 1.82) is 0 Å². The highest BCUT2D eigenvalue weighted by molar-refractivity contribution is 5.92. The van der Waals surface area contributed by atoms with Gasteiger partial charge in [-0.15, -0.1) is 0 Å². The summed E-state index contributed by atoms with van der Waals surface area (Å²) in [6.07, 6.45) is 2.12. The van der Waals surface area contributed by atoms with Crippen LogP contribution in [0.5, 0.6) is 6.01 Å². The van der Waals surface area contributed by atoms with Crippen molar-refractivity contribution in [2.24, 2.45) is 0 Å². The molecule has 11 nitrogen and oxygen atoms in total. The number of benzene rings is 1. The zero-order valence-corrected chi connectivity index (χ0v) is 18.1. The highest BCUT2D eigenvalue weighted by atomic mass is 16.5. The van der Waals surface area contributed by atoms with Crippen LogP contribution in [0.2, 0.25) is 0 Å². The van der Waals surface area contributed by atoms with E-state index in [1.54, 1.807) is 25.2 Å². The second kappa shape index (κ2) is 8.67. The summed E-state index contributed by atoms with van der Waals surface area (Å²) in [7, 11) is 3.50. The molecule has 32 heavy (non-hydrogen) atoms. The highest BCUT2D eigenvalue weighted by Crippen LogP contribution is 2.28. The van der Waals surface area contributed by atoms with Crippen molar-refractivity contribution in [1.82, 2.24) is 35.4 Å². The van der Waals surface area contributed by atoms with Crippen LogP contribution in [-0.2, 0) is 9.53 Å². The third kappa shape index (κ3) is 4.08. The number of H-pyrrole nitrogens is 1. The van der Waals surface area contributed by atoms with Gasteiger partial charge in [0, 0.05) is 51.1 Å². The second-order valence-electron chi connectivity index (χ2n) is 8.15. The molecular weight excluding hydrogens is 412 g/mol. The number of morpholine rings is 1. The van der Waals surface area contributed by atoms with Gasteiger partial charge in [-0.05, 0) is 6.07 Å². The first-order valence-corrected chi connectivity index (χ1v) is 10.7. The fraction of sp³-hybridized carbons (Fsp3) is 0.476. The Hall–Kier alpha value is -3.31. The minimum Gasteiger partial charge on any atom is -0.459 e. The van der Waals surface area contributed by atoms with Crippen molar-refractivity contribution in [2.75, 3.05) is 51.8 Å². The largest absolute Gasteiger partial charge is 0.459 e. The van der Waals surface area contributed by atoms with Gasteiger partial charge in [0.25, 0.3) is 0 Å². The molecule has 1 amide bonds. The second-order valence-corrected chi connectivity index (χ2v) is 8.15. The first-order valence-electron chi connectivity index (χ1n) is 10.7. The Kier molecular flexibility index (Phi) is 5.58. The maximum Gasteiger partial charge on any atom is 0.322 e. The van der Waals surface area contributed by atoms with Crippen LogP contribution >= 0.6 is 0 Å². The Labute approximate surface area is 185 Å². The number of nitrogens with zero attached hydrogens (tertiary/aromatic N) is 6. The molecule has 2 atom stereocenters. The quantitative estimate of drug-likeness (QED) is 0.585. The SMILES string of the molecule is CN(C)C(=O)[C@H]1C[C@H](Oc2nc(-c3cccc4[nH]ncc34)nc(N3CCOCC3)n2)CN1. The standard InChI is InChI=1S/C21H26N8O3/c1-28(2)19(30)17-10-13(11-22-17)32-21-25-18(14-4-3-5-16-15(14)12-23-27-16)24-20(26-21)29-6-8-31-9-7-29/h3-5,12-13,17,22H,6-11H2,1-2H3,(H,23,27)/t13-,17+/m0/s1. The predicted molar refractivity (Wildman–Crippen MR) is 117 cm³/mol. The molecule has 1 aromatic carbocycles. The van der Waals surface area contributed by atoms with Gasteiger partial charge < -0.3 is 24.6 Å². The molecule has 2 aliphatic heterocycles. The van der Waals surface area contributed by atoms with Crippen molar-refractivity contribution in [3.8, 4) is 17.4 Å². The molecule has 4 heterocycles. The average Bonchev–Trinajstić information content (AvgIpc) is 3.48. The van der Waals surface area contributed by atoms with Gasteiger partial charge >= 0.3 is 6.01 Å². The number of hydrogen-bond donors (Lipinski definition) is 2. The van der Waals surface area contributed by atoms with Gasteiger partial charge in [0.2, 0.25) is 11.9 Å². The summed E-state index contributed by atoms with van der Waals surface area (Å²) in [6.45, 7) is 3.19. The van der Waals surface area contributed by atoms with Crippen molar-refractivity contribution < 1.29 is 14.3 Å². The number of likely N-dealkylation sites (N-methyl/N-ethyl adjacent to an activating group) is 1. The summed E-state index contributed by atoms with van der Waals surface area (Å²) in [5.41, 5.74) is 1.76. The van der Waals surface area contributed by atoms with Crippen LogP contribution in [0, 0.1) is 0 Å². The number of amides is 1. The summed E-state index contributed by atoms with van der Waals surface area (Å²) >= 11 is 0. The van der Waals surface area contributed by atoms with Gasteiger partial charge in [0.1, 0.15) is 6.10 Å². The van der Waals surface area contributed by atoms with Crippen LogP contribution in [0.3, 0.4) is 0 Å². The van der Waals surface area contributed by atoms with E-state index < -0.39 is 0 Å². The monoisotopic (exact) mass is 438 g/mol. The molecule has 168 valence electrons. The zero-order valence-electron chi connectivity index (χ0n) is 18.1. The molecule has 0 aliphatic carbocycles. The smallest absolute Gasteiger partial charge is 0.322 e. The molecule has 2 saturated heterocycles. The fourth-order valence-electron chi connectivity index (χ4n) is 4.03. The van der Waals surface area contributed by atoms with Crippen LogP contribution in [-0.4, -0.2) is 95.0 Å². The molecule has 0 unspecified atom stereocenters. The summed E-state index contributed by atoms with van der Waals surface area (Å²) in [5.74, 6) is 1.11. The lowest BCUT2D eigenvalue weighted by Crippen LogP contribution is -2.39. The van der Waals surface area contributed by atoms with Crippen molar-refractivity contribution in [3.63, 3.8) is 0 Å². The van der Waals surface area contributed by atoms with Crippen LogP contribution in [0.1, 0.15) is 6.42 Å². The Balaban J connectivity index is 1.46. The van der Waals surface area contributed by atoms with Crippen LogP contribution in [0.25, 0.3) is 22.3 Å². The van der Waals surface area contributed by atoms with E-state index in [0.29, 0.717) is 51.0 Å². The topological polar surface area (TPSA) is 121 Å². The summed E-state index contributed by atoms with van der Waals surface area (Å²) in [4.78, 5) is 29.9. The van der Waals surface area contributed by atoms with Crippen LogP contribution in [0.15, 0.2) is 24.4 Å². The average molecular weight is 438 g/mol. The molecule has 2 N–H and O–H groups in total. The fourth-order valence-corrected chi connectivity index (χ4v) is 4.03. The lowest BCUT2D eigenvalue weighted by atomic mass is 10.1. The van der Waals surface area contributed by atoms with Crippen molar-refractivity contribution >= 4 is 22.8 Å². The molecule has 2 fully saturated rings. The number of anilines is 1. The van der Waals surface area contributed by atoms with Gasteiger partial charge in [0.15, 0.2) is 5.82 Å². The Morgan fingerprint density at radius 1 is 1.22 bits per heavy atom. The lowest BCUT2D eigenvalue weighted by molar-refractivity contribution is -0.130. The van der Waals surface area contributed by atoms with E-state index in [1.165, 1.54) is 0 Å². The van der Waals surface area contributed by atoms with Crippen molar-refractivity contribution in [2.45, 2.75) is 18.6 Å². The first kappa shape index (κ1) is 20.6. The zero-order chi connectivity index (χ0) is 22.1. The molecule has 11 heteroatoms. The Morgan fingerprint density at radius 2 is 2.06 bits per heavy atom. The molecule has 0 saturated carbocycles. The number of aromatic nitrogens is 5. The minimum absolute atomic E-state index is 0.0353. The number of hydrogen-bond acceptors (Lipinski definition) is 9.